The number of rotatable bonds is 5. The molecular weight excluding hydrogens is 348 g/mol. The third kappa shape index (κ3) is 4.74. The van der Waals surface area contributed by atoms with Crippen LogP contribution in [0.3, 0.4) is 0 Å². The monoisotopic (exact) mass is 378 g/mol. The van der Waals surface area contributed by atoms with Crippen molar-refractivity contribution in [1.29, 1.82) is 0 Å². The predicted molar refractivity (Wildman–Crippen MR) is 112 cm³/mol. The molecule has 148 valence electrons. The zero-order valence-electron chi connectivity index (χ0n) is 16.6. The van der Waals surface area contributed by atoms with E-state index >= 15 is 0 Å². The Labute approximate surface area is 168 Å². The first-order valence-corrected chi connectivity index (χ1v) is 10.6. The summed E-state index contributed by atoms with van der Waals surface area (Å²) >= 11 is 0. The summed E-state index contributed by atoms with van der Waals surface area (Å²) in [5.41, 5.74) is 2.33. The third-order valence-electron chi connectivity index (χ3n) is 6.05. The molecule has 2 fully saturated rings. The Balaban J connectivity index is 1.23. The molecule has 0 aromatic heterocycles. The molecule has 0 bridgehead atoms. The van der Waals surface area contributed by atoms with Gasteiger partial charge in [-0.15, -0.1) is 0 Å². The van der Waals surface area contributed by atoms with Gasteiger partial charge >= 0.3 is 0 Å². The summed E-state index contributed by atoms with van der Waals surface area (Å²) in [7, 11) is 0. The zero-order valence-corrected chi connectivity index (χ0v) is 16.6. The van der Waals surface area contributed by atoms with Crippen LogP contribution in [0, 0.1) is 0 Å². The fourth-order valence-electron chi connectivity index (χ4n) is 4.37. The van der Waals surface area contributed by atoms with Gasteiger partial charge in [-0.1, -0.05) is 48.9 Å². The fraction of sp³-hybridized carbons (Fsp3) is 0.458. The topological polar surface area (TPSA) is 32.8 Å². The summed E-state index contributed by atoms with van der Waals surface area (Å²) in [5, 5.41) is 0. The molecule has 28 heavy (non-hydrogen) atoms. The SMILES string of the molecule is O=C(COc1ccc(-c2ccccc2)cc1)N1CCC(N2CCCCC2)CC1. The maximum atomic E-state index is 12.5. The van der Waals surface area contributed by atoms with Gasteiger partial charge in [0.1, 0.15) is 5.75 Å². The molecule has 4 heteroatoms. The van der Waals surface area contributed by atoms with Gasteiger partial charge in [0.15, 0.2) is 6.61 Å². The molecule has 0 spiro atoms. The van der Waals surface area contributed by atoms with Crippen molar-refractivity contribution in [3.8, 4) is 16.9 Å². The quantitative estimate of drug-likeness (QED) is 0.781. The highest BCUT2D eigenvalue weighted by Gasteiger charge is 2.27. The average Bonchev–Trinajstić information content (AvgIpc) is 2.79. The molecule has 0 aliphatic carbocycles. The van der Waals surface area contributed by atoms with Crippen LogP contribution >= 0.6 is 0 Å². The number of hydrogen-bond acceptors (Lipinski definition) is 3. The average molecular weight is 379 g/mol. The highest BCUT2D eigenvalue weighted by molar-refractivity contribution is 5.78. The lowest BCUT2D eigenvalue weighted by atomic mass is 10.00. The van der Waals surface area contributed by atoms with Crippen LogP contribution in [-0.2, 0) is 4.79 Å². The van der Waals surface area contributed by atoms with Crippen LogP contribution in [0.5, 0.6) is 5.75 Å². The first kappa shape index (κ1) is 19.0. The fourth-order valence-corrected chi connectivity index (χ4v) is 4.37. The van der Waals surface area contributed by atoms with E-state index in [1.807, 2.05) is 47.4 Å². The van der Waals surface area contributed by atoms with Crippen molar-refractivity contribution in [2.24, 2.45) is 0 Å². The summed E-state index contributed by atoms with van der Waals surface area (Å²) in [6, 6.07) is 18.9. The summed E-state index contributed by atoms with van der Waals surface area (Å²) in [5.74, 6) is 0.848. The van der Waals surface area contributed by atoms with E-state index in [1.54, 1.807) is 0 Å². The lowest BCUT2D eigenvalue weighted by molar-refractivity contribution is -0.135. The largest absolute Gasteiger partial charge is 0.484 e. The van der Waals surface area contributed by atoms with E-state index in [1.165, 1.54) is 37.9 Å². The van der Waals surface area contributed by atoms with Crippen LogP contribution in [0.2, 0.25) is 0 Å². The molecule has 2 aliphatic heterocycles. The van der Waals surface area contributed by atoms with Gasteiger partial charge in [0.25, 0.3) is 5.91 Å². The number of likely N-dealkylation sites (tertiary alicyclic amines) is 2. The normalized spacial score (nSPS) is 18.8. The van der Waals surface area contributed by atoms with Crippen LogP contribution in [-0.4, -0.2) is 54.5 Å². The van der Waals surface area contributed by atoms with Crippen molar-refractivity contribution in [2.75, 3.05) is 32.8 Å². The number of carbonyl (C=O) groups excluding carboxylic acids is 1. The number of nitrogens with zero attached hydrogens (tertiary/aromatic N) is 2. The maximum absolute atomic E-state index is 12.5. The minimum absolute atomic E-state index is 0.101. The molecule has 2 heterocycles. The van der Waals surface area contributed by atoms with Crippen LogP contribution in [0.4, 0.5) is 0 Å². The first-order chi connectivity index (χ1) is 13.8. The van der Waals surface area contributed by atoms with Gasteiger partial charge in [-0.05, 0) is 62.0 Å². The van der Waals surface area contributed by atoms with Gasteiger partial charge < -0.3 is 14.5 Å². The summed E-state index contributed by atoms with van der Waals surface area (Å²) in [6.45, 7) is 4.31. The molecule has 0 atom stereocenters. The second-order valence-electron chi connectivity index (χ2n) is 7.89. The van der Waals surface area contributed by atoms with Crippen molar-refractivity contribution in [2.45, 2.75) is 38.1 Å². The number of amides is 1. The molecule has 0 saturated carbocycles. The minimum Gasteiger partial charge on any atom is -0.484 e. The molecule has 2 aromatic carbocycles. The summed E-state index contributed by atoms with van der Waals surface area (Å²) in [4.78, 5) is 17.1. The van der Waals surface area contributed by atoms with Crippen LogP contribution in [0.25, 0.3) is 11.1 Å². The van der Waals surface area contributed by atoms with Crippen molar-refractivity contribution < 1.29 is 9.53 Å². The minimum atomic E-state index is 0.101. The van der Waals surface area contributed by atoms with E-state index in [4.69, 9.17) is 4.74 Å². The number of ether oxygens (including phenoxy) is 1. The Bertz CT molecular complexity index is 746. The summed E-state index contributed by atoms with van der Waals surface area (Å²) < 4.78 is 5.75. The smallest absolute Gasteiger partial charge is 0.260 e. The Morgan fingerprint density at radius 2 is 1.46 bits per heavy atom. The number of piperidine rings is 2. The Morgan fingerprint density at radius 3 is 2.14 bits per heavy atom. The summed E-state index contributed by atoms with van der Waals surface area (Å²) in [6.07, 6.45) is 6.22. The maximum Gasteiger partial charge on any atom is 0.260 e. The van der Waals surface area contributed by atoms with E-state index < -0.39 is 0 Å². The van der Waals surface area contributed by atoms with E-state index in [9.17, 15) is 4.79 Å². The molecule has 2 aliphatic rings. The second kappa shape index (κ2) is 9.24. The molecule has 0 N–H and O–H groups in total. The first-order valence-electron chi connectivity index (χ1n) is 10.6. The zero-order chi connectivity index (χ0) is 19.2. The molecule has 0 radical (unpaired) electrons. The lowest BCUT2D eigenvalue weighted by Gasteiger charge is -2.40. The van der Waals surface area contributed by atoms with E-state index in [0.717, 1.165) is 37.2 Å². The predicted octanol–water partition coefficient (Wildman–Crippen LogP) is 4.21. The molecule has 4 nitrogen and oxygen atoms in total. The Kier molecular flexibility index (Phi) is 6.27. The number of carbonyl (C=O) groups is 1. The van der Waals surface area contributed by atoms with Gasteiger partial charge in [-0.25, -0.2) is 0 Å². The molecular formula is C24H30N2O2. The van der Waals surface area contributed by atoms with Crippen molar-refractivity contribution >= 4 is 5.91 Å². The van der Waals surface area contributed by atoms with Crippen LogP contribution in [0.15, 0.2) is 54.6 Å². The Morgan fingerprint density at radius 1 is 0.821 bits per heavy atom. The van der Waals surface area contributed by atoms with E-state index in [0.29, 0.717) is 6.04 Å². The Hall–Kier alpha value is -2.33. The lowest BCUT2D eigenvalue weighted by Crippen LogP contribution is -2.49. The van der Waals surface area contributed by atoms with E-state index in [2.05, 4.69) is 17.0 Å². The molecule has 0 unspecified atom stereocenters. The highest BCUT2D eigenvalue weighted by Crippen LogP contribution is 2.23. The molecule has 4 rings (SSSR count). The van der Waals surface area contributed by atoms with Gasteiger partial charge in [-0.3, -0.25) is 4.79 Å². The van der Waals surface area contributed by atoms with Crippen molar-refractivity contribution in [3.05, 3.63) is 54.6 Å². The van der Waals surface area contributed by atoms with E-state index in [-0.39, 0.29) is 12.5 Å². The van der Waals surface area contributed by atoms with Crippen molar-refractivity contribution in [3.63, 3.8) is 0 Å². The second-order valence-corrected chi connectivity index (χ2v) is 7.89. The van der Waals surface area contributed by atoms with Crippen LogP contribution < -0.4 is 4.74 Å². The van der Waals surface area contributed by atoms with Gasteiger partial charge in [0.2, 0.25) is 0 Å². The molecule has 2 aromatic rings. The molecule has 2 saturated heterocycles. The standard InChI is InChI=1S/C24H30N2O2/c27-24(26-17-13-22(14-18-26)25-15-5-2-6-16-25)19-28-23-11-9-21(10-12-23)20-7-3-1-4-8-20/h1,3-4,7-12,22H,2,5-6,13-19H2. The van der Waals surface area contributed by atoms with Gasteiger partial charge in [-0.2, -0.15) is 0 Å². The van der Waals surface area contributed by atoms with Gasteiger partial charge in [0, 0.05) is 19.1 Å². The number of benzene rings is 2. The third-order valence-corrected chi connectivity index (χ3v) is 6.05. The highest BCUT2D eigenvalue weighted by atomic mass is 16.5. The number of hydrogen-bond donors (Lipinski definition) is 0. The van der Waals surface area contributed by atoms with Gasteiger partial charge in [0.05, 0.1) is 0 Å². The van der Waals surface area contributed by atoms with Crippen molar-refractivity contribution in [1.82, 2.24) is 9.80 Å². The van der Waals surface area contributed by atoms with Crippen LogP contribution in [0.1, 0.15) is 32.1 Å². The molecule has 1 amide bonds.